The topological polar surface area (TPSA) is 110 Å². The number of benzene rings is 2. The Labute approximate surface area is 258 Å². The van der Waals surface area contributed by atoms with Crippen molar-refractivity contribution in [1.29, 1.82) is 0 Å². The van der Waals surface area contributed by atoms with Gasteiger partial charge in [-0.05, 0) is 92.6 Å². The molecule has 1 aliphatic rings. The van der Waals surface area contributed by atoms with Crippen LogP contribution in [-0.4, -0.2) is 84.6 Å². The van der Waals surface area contributed by atoms with Crippen LogP contribution in [0.3, 0.4) is 0 Å². The molecule has 44 heavy (non-hydrogen) atoms. The Hall–Kier alpha value is -4.54. The van der Waals surface area contributed by atoms with Crippen LogP contribution in [-0.2, 0) is 13.1 Å². The van der Waals surface area contributed by atoms with E-state index in [9.17, 15) is 10.2 Å². The maximum Gasteiger partial charge on any atom is 0.200 e. The minimum Gasteiger partial charge on any atom is -0.502 e. The monoisotopic (exact) mass is 600 g/mol. The Morgan fingerprint density at radius 2 is 1.14 bits per heavy atom. The number of hydrogen-bond donors (Lipinski definition) is 2. The van der Waals surface area contributed by atoms with E-state index in [2.05, 4.69) is 45.0 Å². The summed E-state index contributed by atoms with van der Waals surface area (Å²) in [5.41, 5.74) is 5.58. The third-order valence-electron chi connectivity index (χ3n) is 8.22. The smallest absolute Gasteiger partial charge is 0.200 e. The first-order chi connectivity index (χ1) is 21.3. The normalized spacial score (nSPS) is 14.0. The number of methoxy groups -OCH3 is 4. The van der Waals surface area contributed by atoms with Crippen molar-refractivity contribution in [3.05, 3.63) is 72.1 Å². The summed E-state index contributed by atoms with van der Waals surface area (Å²) in [6.45, 7) is 3.65. The molecule has 3 heterocycles. The molecule has 0 atom stereocenters. The number of likely N-dealkylation sites (tertiary alicyclic amines) is 1. The number of pyridine rings is 2. The van der Waals surface area contributed by atoms with Crippen molar-refractivity contribution in [3.8, 4) is 57.0 Å². The average molecular weight is 601 g/mol. The molecular formula is C34H40N4O6. The summed E-state index contributed by atoms with van der Waals surface area (Å²) in [6, 6.07) is 15.8. The second kappa shape index (κ2) is 13.8. The van der Waals surface area contributed by atoms with Gasteiger partial charge in [-0.2, -0.15) is 0 Å². The van der Waals surface area contributed by atoms with E-state index in [0.29, 0.717) is 29.0 Å². The number of ether oxygens (including phenoxy) is 4. The lowest BCUT2D eigenvalue weighted by atomic mass is 10.0. The van der Waals surface area contributed by atoms with Gasteiger partial charge < -0.3 is 29.2 Å². The van der Waals surface area contributed by atoms with Gasteiger partial charge in [0.25, 0.3) is 0 Å². The van der Waals surface area contributed by atoms with Gasteiger partial charge in [-0.1, -0.05) is 0 Å². The van der Waals surface area contributed by atoms with Gasteiger partial charge in [0.1, 0.15) is 0 Å². The fourth-order valence-electron chi connectivity index (χ4n) is 5.74. The fourth-order valence-corrected chi connectivity index (χ4v) is 5.74. The number of phenols is 2. The second-order valence-corrected chi connectivity index (χ2v) is 11.0. The molecule has 2 N–H and O–H groups in total. The molecule has 232 valence electrons. The lowest BCUT2D eigenvalue weighted by molar-refractivity contribution is 0.119. The summed E-state index contributed by atoms with van der Waals surface area (Å²) in [5.74, 6) is 1.34. The van der Waals surface area contributed by atoms with E-state index in [0.717, 1.165) is 67.1 Å². The van der Waals surface area contributed by atoms with Crippen molar-refractivity contribution in [1.82, 2.24) is 19.8 Å². The summed E-state index contributed by atoms with van der Waals surface area (Å²) >= 11 is 0. The van der Waals surface area contributed by atoms with Crippen LogP contribution in [0.25, 0.3) is 22.5 Å². The van der Waals surface area contributed by atoms with Gasteiger partial charge in [0.05, 0.1) is 39.8 Å². The van der Waals surface area contributed by atoms with E-state index >= 15 is 0 Å². The zero-order valence-electron chi connectivity index (χ0n) is 25.9. The van der Waals surface area contributed by atoms with Crippen LogP contribution in [0.15, 0.2) is 60.9 Å². The third kappa shape index (κ3) is 6.82. The number of nitrogens with zero attached hydrogens (tertiary/aromatic N) is 4. The van der Waals surface area contributed by atoms with Gasteiger partial charge >= 0.3 is 0 Å². The maximum absolute atomic E-state index is 10.3. The van der Waals surface area contributed by atoms with Crippen molar-refractivity contribution in [3.63, 3.8) is 0 Å². The fraction of sp³-hybridized carbons (Fsp3) is 0.353. The van der Waals surface area contributed by atoms with Crippen molar-refractivity contribution >= 4 is 0 Å². The Morgan fingerprint density at radius 1 is 0.705 bits per heavy atom. The zero-order valence-corrected chi connectivity index (χ0v) is 25.9. The predicted octanol–water partition coefficient (Wildman–Crippen LogP) is 5.35. The van der Waals surface area contributed by atoms with E-state index in [4.69, 9.17) is 18.9 Å². The summed E-state index contributed by atoms with van der Waals surface area (Å²) in [4.78, 5) is 14.0. The molecule has 5 rings (SSSR count). The van der Waals surface area contributed by atoms with Crippen molar-refractivity contribution in [2.75, 3.05) is 48.6 Å². The molecular weight excluding hydrogens is 560 g/mol. The lowest BCUT2D eigenvalue weighted by Gasteiger charge is -2.37. The quantitative estimate of drug-likeness (QED) is 0.234. The number of aromatic nitrogens is 2. The van der Waals surface area contributed by atoms with Crippen LogP contribution in [0.4, 0.5) is 0 Å². The highest BCUT2D eigenvalue weighted by molar-refractivity contribution is 5.69. The van der Waals surface area contributed by atoms with E-state index < -0.39 is 0 Å². The summed E-state index contributed by atoms with van der Waals surface area (Å²) < 4.78 is 21.3. The SMILES string of the molecule is COc1cc(-c2cc(CN3CCC(N(C)Cc4ccnc(-c5cc(OC)c(O)c(OC)c5)c4)CC3)ccn2)cc(OC)c1O. The van der Waals surface area contributed by atoms with Crippen molar-refractivity contribution in [2.24, 2.45) is 0 Å². The third-order valence-corrected chi connectivity index (χ3v) is 8.22. The average Bonchev–Trinajstić information content (AvgIpc) is 3.05. The molecule has 0 radical (unpaired) electrons. The van der Waals surface area contributed by atoms with Crippen LogP contribution >= 0.6 is 0 Å². The summed E-state index contributed by atoms with van der Waals surface area (Å²) in [6.07, 6.45) is 5.79. The zero-order chi connectivity index (χ0) is 31.2. The first kappa shape index (κ1) is 30.9. The molecule has 1 saturated heterocycles. The number of hydrogen-bond acceptors (Lipinski definition) is 10. The van der Waals surface area contributed by atoms with Crippen LogP contribution < -0.4 is 18.9 Å². The van der Waals surface area contributed by atoms with Gasteiger partial charge in [0.2, 0.25) is 11.5 Å². The largest absolute Gasteiger partial charge is 0.502 e. The van der Waals surface area contributed by atoms with E-state index in [-0.39, 0.29) is 11.5 Å². The van der Waals surface area contributed by atoms with E-state index in [1.807, 2.05) is 18.5 Å². The van der Waals surface area contributed by atoms with Gasteiger partial charge in [0.15, 0.2) is 23.0 Å². The first-order valence-corrected chi connectivity index (χ1v) is 14.6. The predicted molar refractivity (Wildman–Crippen MR) is 169 cm³/mol. The lowest BCUT2D eigenvalue weighted by Crippen LogP contribution is -2.42. The molecule has 0 bridgehead atoms. The molecule has 10 heteroatoms. The van der Waals surface area contributed by atoms with Crippen LogP contribution in [0.2, 0.25) is 0 Å². The number of piperidine rings is 1. The van der Waals surface area contributed by atoms with Crippen molar-refractivity contribution in [2.45, 2.75) is 32.0 Å². The first-order valence-electron chi connectivity index (χ1n) is 14.6. The molecule has 0 aliphatic carbocycles. The Balaban J connectivity index is 1.20. The molecule has 0 saturated carbocycles. The molecule has 0 amide bonds. The number of aromatic hydroxyl groups is 2. The number of phenolic OH excluding ortho intramolecular Hbond substituents is 2. The van der Waals surface area contributed by atoms with Crippen LogP contribution in [0.5, 0.6) is 34.5 Å². The molecule has 10 nitrogen and oxygen atoms in total. The van der Waals surface area contributed by atoms with Crippen molar-refractivity contribution < 1.29 is 29.2 Å². The molecule has 2 aromatic carbocycles. The molecule has 0 spiro atoms. The van der Waals surface area contributed by atoms with Gasteiger partial charge in [-0.25, -0.2) is 0 Å². The highest BCUT2D eigenvalue weighted by atomic mass is 16.5. The molecule has 1 aliphatic heterocycles. The maximum atomic E-state index is 10.3. The van der Waals surface area contributed by atoms with Gasteiger partial charge in [-0.15, -0.1) is 0 Å². The number of rotatable bonds is 11. The van der Waals surface area contributed by atoms with Crippen LogP contribution in [0.1, 0.15) is 24.0 Å². The highest BCUT2D eigenvalue weighted by Crippen LogP contribution is 2.41. The van der Waals surface area contributed by atoms with Gasteiger partial charge in [0, 0.05) is 42.7 Å². The van der Waals surface area contributed by atoms with Gasteiger partial charge in [-0.3, -0.25) is 19.8 Å². The molecule has 0 unspecified atom stereocenters. The Morgan fingerprint density at radius 3 is 1.59 bits per heavy atom. The van der Waals surface area contributed by atoms with E-state index in [1.165, 1.54) is 34.0 Å². The highest BCUT2D eigenvalue weighted by Gasteiger charge is 2.23. The Bertz CT molecular complexity index is 1540. The second-order valence-electron chi connectivity index (χ2n) is 11.0. The minimum absolute atomic E-state index is 0.0224. The standard InChI is InChI=1S/C34H40N4O6/c1-37(20-22-6-10-35-27(14-22)24-16-29(41-2)33(39)30(17-24)42-3)26-8-12-38(13-9-26)21-23-7-11-36-28(15-23)25-18-31(43-4)34(40)32(19-25)44-5/h6-7,10-11,14-19,26,39-40H,8-9,12-13,20-21H2,1-5H3. The summed E-state index contributed by atoms with van der Waals surface area (Å²) in [5, 5.41) is 20.6. The molecule has 4 aromatic rings. The molecule has 2 aromatic heterocycles. The Kier molecular flexibility index (Phi) is 9.72. The van der Waals surface area contributed by atoms with Crippen LogP contribution in [0, 0.1) is 0 Å². The summed E-state index contributed by atoms with van der Waals surface area (Å²) in [7, 11) is 8.25. The van der Waals surface area contributed by atoms with E-state index in [1.54, 1.807) is 24.3 Å². The molecule has 1 fully saturated rings. The minimum atomic E-state index is -0.0241.